The lowest BCUT2D eigenvalue weighted by atomic mass is 9.96. The highest BCUT2D eigenvalue weighted by Gasteiger charge is 2.23. The van der Waals surface area contributed by atoms with Gasteiger partial charge >= 0.3 is 0 Å². The molecular weight excluding hydrogens is 320 g/mol. The van der Waals surface area contributed by atoms with E-state index in [0.29, 0.717) is 5.89 Å². The summed E-state index contributed by atoms with van der Waals surface area (Å²) in [6, 6.07) is 8.17. The second-order valence-electron chi connectivity index (χ2n) is 6.90. The molecule has 0 aliphatic carbocycles. The standard InChI is InChI=1S/C18H22N4OS/c1-11(16-21-17(22-23-16)18(3,4)5)19-14-8-6-13(7-9-14)15-10-24-12(2)20-15/h6-11,19H,1-5H3/t11-/m1/s1. The van der Waals surface area contributed by atoms with E-state index in [0.717, 1.165) is 27.8 Å². The summed E-state index contributed by atoms with van der Waals surface area (Å²) in [4.78, 5) is 9.01. The molecule has 3 rings (SSSR count). The zero-order valence-electron chi connectivity index (χ0n) is 14.6. The summed E-state index contributed by atoms with van der Waals surface area (Å²) in [5.74, 6) is 1.32. The number of thiazole rings is 1. The predicted octanol–water partition coefficient (Wildman–Crippen LogP) is 4.97. The Morgan fingerprint density at radius 2 is 1.83 bits per heavy atom. The lowest BCUT2D eigenvalue weighted by Crippen LogP contribution is -2.14. The number of rotatable bonds is 4. The third-order valence-corrected chi connectivity index (χ3v) is 4.44. The van der Waals surface area contributed by atoms with E-state index in [1.807, 2.05) is 26.0 Å². The minimum atomic E-state index is -0.116. The molecule has 1 atom stereocenters. The molecule has 6 heteroatoms. The second-order valence-corrected chi connectivity index (χ2v) is 7.96. The molecule has 0 saturated carbocycles. The molecular formula is C18H22N4OS. The third kappa shape index (κ3) is 3.64. The fraction of sp³-hybridized carbons (Fsp3) is 0.389. The van der Waals surface area contributed by atoms with Crippen LogP contribution in [0, 0.1) is 6.92 Å². The summed E-state index contributed by atoms with van der Waals surface area (Å²) < 4.78 is 5.39. The largest absolute Gasteiger partial charge is 0.374 e. The van der Waals surface area contributed by atoms with Crippen LogP contribution in [0.2, 0.25) is 0 Å². The van der Waals surface area contributed by atoms with Crippen molar-refractivity contribution in [3.63, 3.8) is 0 Å². The van der Waals surface area contributed by atoms with Crippen LogP contribution < -0.4 is 5.32 Å². The first-order chi connectivity index (χ1) is 11.3. The Balaban J connectivity index is 1.70. The number of hydrogen-bond donors (Lipinski definition) is 1. The quantitative estimate of drug-likeness (QED) is 0.725. The van der Waals surface area contributed by atoms with Crippen LogP contribution in [-0.2, 0) is 5.41 Å². The van der Waals surface area contributed by atoms with Crippen molar-refractivity contribution in [3.8, 4) is 11.3 Å². The summed E-state index contributed by atoms with van der Waals surface area (Å²) >= 11 is 1.66. The lowest BCUT2D eigenvalue weighted by molar-refractivity contribution is 0.354. The van der Waals surface area contributed by atoms with Crippen LogP contribution in [0.15, 0.2) is 34.2 Å². The molecule has 0 bridgehead atoms. The Morgan fingerprint density at radius 3 is 2.38 bits per heavy atom. The number of hydrogen-bond acceptors (Lipinski definition) is 6. The molecule has 0 aliphatic rings. The molecule has 1 aromatic carbocycles. The van der Waals surface area contributed by atoms with Crippen molar-refractivity contribution < 1.29 is 4.52 Å². The fourth-order valence-electron chi connectivity index (χ4n) is 2.26. The number of aryl methyl sites for hydroxylation is 1. The summed E-state index contributed by atoms with van der Waals surface area (Å²) in [6.07, 6.45) is 0. The van der Waals surface area contributed by atoms with Gasteiger partial charge in [-0.15, -0.1) is 11.3 Å². The van der Waals surface area contributed by atoms with Crippen LogP contribution in [0.25, 0.3) is 11.3 Å². The second kappa shape index (κ2) is 6.36. The van der Waals surface area contributed by atoms with E-state index in [1.165, 1.54) is 0 Å². The van der Waals surface area contributed by atoms with E-state index >= 15 is 0 Å². The van der Waals surface area contributed by atoms with Gasteiger partial charge in [-0.25, -0.2) is 4.98 Å². The summed E-state index contributed by atoms with van der Waals surface area (Å²) in [5, 5.41) is 10.6. The van der Waals surface area contributed by atoms with E-state index in [1.54, 1.807) is 11.3 Å². The molecule has 2 aromatic heterocycles. The molecule has 0 unspecified atom stereocenters. The van der Waals surface area contributed by atoms with Gasteiger partial charge < -0.3 is 9.84 Å². The number of nitrogens with one attached hydrogen (secondary N) is 1. The molecule has 2 heterocycles. The first kappa shape index (κ1) is 16.6. The fourth-order valence-corrected chi connectivity index (χ4v) is 2.88. The maximum atomic E-state index is 5.39. The monoisotopic (exact) mass is 342 g/mol. The number of anilines is 1. The van der Waals surface area contributed by atoms with Crippen molar-refractivity contribution in [2.75, 3.05) is 5.32 Å². The van der Waals surface area contributed by atoms with E-state index < -0.39 is 0 Å². The average Bonchev–Trinajstić information content (AvgIpc) is 3.16. The highest BCUT2D eigenvalue weighted by atomic mass is 32.1. The molecule has 0 radical (unpaired) electrons. The van der Waals surface area contributed by atoms with E-state index in [9.17, 15) is 0 Å². The van der Waals surface area contributed by atoms with Gasteiger partial charge in [-0.2, -0.15) is 4.98 Å². The molecule has 24 heavy (non-hydrogen) atoms. The molecule has 3 aromatic rings. The molecule has 126 valence electrons. The molecule has 0 aliphatic heterocycles. The minimum absolute atomic E-state index is 0.0547. The minimum Gasteiger partial charge on any atom is -0.374 e. The van der Waals surface area contributed by atoms with Gasteiger partial charge in [-0.1, -0.05) is 38.1 Å². The van der Waals surface area contributed by atoms with Crippen molar-refractivity contribution in [2.24, 2.45) is 0 Å². The number of nitrogens with zero attached hydrogens (tertiary/aromatic N) is 3. The number of aromatic nitrogens is 3. The van der Waals surface area contributed by atoms with Crippen LogP contribution in [-0.4, -0.2) is 15.1 Å². The Bertz CT molecular complexity index is 814. The van der Waals surface area contributed by atoms with Crippen molar-refractivity contribution in [3.05, 3.63) is 46.4 Å². The Kier molecular flexibility index (Phi) is 4.41. The van der Waals surface area contributed by atoms with Crippen LogP contribution in [0.3, 0.4) is 0 Å². The molecule has 0 amide bonds. The first-order valence-electron chi connectivity index (χ1n) is 7.96. The van der Waals surface area contributed by atoms with Crippen molar-refractivity contribution in [2.45, 2.75) is 46.1 Å². The van der Waals surface area contributed by atoms with E-state index in [4.69, 9.17) is 4.52 Å². The van der Waals surface area contributed by atoms with Gasteiger partial charge in [-0.3, -0.25) is 0 Å². The maximum absolute atomic E-state index is 5.39. The van der Waals surface area contributed by atoms with Crippen molar-refractivity contribution in [1.82, 2.24) is 15.1 Å². The van der Waals surface area contributed by atoms with Crippen molar-refractivity contribution >= 4 is 17.0 Å². The third-order valence-electron chi connectivity index (χ3n) is 3.67. The van der Waals surface area contributed by atoms with Gasteiger partial charge in [0.05, 0.1) is 10.7 Å². The molecule has 5 nitrogen and oxygen atoms in total. The first-order valence-corrected chi connectivity index (χ1v) is 8.84. The molecule has 1 N–H and O–H groups in total. The zero-order valence-corrected chi connectivity index (χ0v) is 15.4. The Hall–Kier alpha value is -2.21. The van der Waals surface area contributed by atoms with Crippen LogP contribution in [0.1, 0.15) is 50.5 Å². The summed E-state index contributed by atoms with van der Waals surface area (Å²) in [6.45, 7) is 10.2. The van der Waals surface area contributed by atoms with Gasteiger partial charge in [0, 0.05) is 22.0 Å². The lowest BCUT2D eigenvalue weighted by Gasteiger charge is -2.13. The Labute approximate surface area is 146 Å². The molecule has 0 fully saturated rings. The summed E-state index contributed by atoms with van der Waals surface area (Å²) in [5.41, 5.74) is 3.03. The van der Waals surface area contributed by atoms with Gasteiger partial charge in [0.15, 0.2) is 5.82 Å². The SMILES string of the molecule is Cc1nc(-c2ccc(N[C@H](C)c3nc(C(C)(C)C)no3)cc2)cs1. The van der Waals surface area contributed by atoms with Crippen molar-refractivity contribution in [1.29, 1.82) is 0 Å². The van der Waals surface area contributed by atoms with E-state index in [2.05, 4.69) is 58.7 Å². The van der Waals surface area contributed by atoms with E-state index in [-0.39, 0.29) is 11.5 Å². The average molecular weight is 342 g/mol. The van der Waals surface area contributed by atoms with Gasteiger partial charge in [0.2, 0.25) is 5.89 Å². The molecule has 0 saturated heterocycles. The Morgan fingerprint density at radius 1 is 1.12 bits per heavy atom. The van der Waals surface area contributed by atoms with Gasteiger partial charge in [0.1, 0.15) is 6.04 Å². The van der Waals surface area contributed by atoms with Crippen LogP contribution in [0.4, 0.5) is 5.69 Å². The highest BCUT2D eigenvalue weighted by Crippen LogP contribution is 2.26. The van der Waals surface area contributed by atoms with Gasteiger partial charge in [-0.05, 0) is 26.0 Å². The normalized spacial score (nSPS) is 13.0. The predicted molar refractivity (Wildman–Crippen MR) is 97.3 cm³/mol. The van der Waals surface area contributed by atoms with Crippen LogP contribution >= 0.6 is 11.3 Å². The summed E-state index contributed by atoms with van der Waals surface area (Å²) in [7, 11) is 0. The smallest absolute Gasteiger partial charge is 0.248 e. The topological polar surface area (TPSA) is 63.8 Å². The highest BCUT2D eigenvalue weighted by molar-refractivity contribution is 7.09. The zero-order chi connectivity index (χ0) is 17.3. The van der Waals surface area contributed by atoms with Crippen LogP contribution in [0.5, 0.6) is 0 Å². The number of benzene rings is 1. The van der Waals surface area contributed by atoms with Gasteiger partial charge in [0.25, 0.3) is 0 Å². The molecule has 0 spiro atoms. The maximum Gasteiger partial charge on any atom is 0.248 e.